The number of nitrogens with two attached hydrogens (primary N) is 2. The van der Waals surface area contributed by atoms with E-state index in [4.69, 9.17) is 11.5 Å². The Kier molecular flexibility index (Phi) is 3.84. The summed E-state index contributed by atoms with van der Waals surface area (Å²) in [6.07, 6.45) is 1.06. The van der Waals surface area contributed by atoms with E-state index in [-0.39, 0.29) is 0 Å². The summed E-state index contributed by atoms with van der Waals surface area (Å²) >= 11 is 0. The maximum atomic E-state index is 10.8. The number of rotatable bonds is 3. The molecule has 0 bridgehead atoms. The van der Waals surface area contributed by atoms with Crippen LogP contribution in [-0.2, 0) is 0 Å². The van der Waals surface area contributed by atoms with Gasteiger partial charge in [-0.25, -0.2) is 4.79 Å². The van der Waals surface area contributed by atoms with Crippen LogP contribution >= 0.6 is 0 Å². The zero-order chi connectivity index (χ0) is 13.1. The second-order valence-corrected chi connectivity index (χ2v) is 4.91. The first-order valence-electron chi connectivity index (χ1n) is 6.17. The van der Waals surface area contributed by atoms with Crippen LogP contribution in [0.5, 0.6) is 0 Å². The van der Waals surface area contributed by atoms with Crippen molar-refractivity contribution in [2.75, 3.05) is 25.5 Å². The predicted molar refractivity (Wildman–Crippen MR) is 72.2 cm³/mol. The molecule has 0 spiro atoms. The van der Waals surface area contributed by atoms with E-state index in [0.29, 0.717) is 12.0 Å². The number of carbonyl (C=O) groups excluding carboxylic acids is 1. The molecule has 5 heteroatoms. The van der Waals surface area contributed by atoms with E-state index in [9.17, 15) is 4.79 Å². The largest absolute Gasteiger partial charge is 0.351 e. The van der Waals surface area contributed by atoms with Gasteiger partial charge in [0.05, 0.1) is 0 Å². The summed E-state index contributed by atoms with van der Waals surface area (Å²) in [5.74, 6) is 0.549. The SMILES string of the molecule is CN1CC(CN)CC1c1cccc(NC(N)=O)c1. The number of carbonyl (C=O) groups is 1. The summed E-state index contributed by atoms with van der Waals surface area (Å²) in [7, 11) is 2.11. The molecule has 5 N–H and O–H groups in total. The van der Waals surface area contributed by atoms with E-state index in [1.165, 1.54) is 5.56 Å². The van der Waals surface area contributed by atoms with Gasteiger partial charge in [0.15, 0.2) is 0 Å². The molecule has 2 atom stereocenters. The summed E-state index contributed by atoms with van der Waals surface area (Å²) in [4.78, 5) is 13.2. The Balaban J connectivity index is 2.15. The van der Waals surface area contributed by atoms with Crippen molar-refractivity contribution in [1.29, 1.82) is 0 Å². The molecule has 1 heterocycles. The quantitative estimate of drug-likeness (QED) is 0.749. The van der Waals surface area contributed by atoms with Gasteiger partial charge < -0.3 is 16.8 Å². The molecular formula is C13H20N4O. The average molecular weight is 248 g/mol. The topological polar surface area (TPSA) is 84.4 Å². The van der Waals surface area contributed by atoms with Crippen molar-refractivity contribution >= 4 is 11.7 Å². The summed E-state index contributed by atoms with van der Waals surface area (Å²) in [6, 6.07) is 7.66. The van der Waals surface area contributed by atoms with Crippen LogP contribution in [0.4, 0.5) is 10.5 Å². The third-order valence-electron chi connectivity index (χ3n) is 3.51. The van der Waals surface area contributed by atoms with E-state index in [1.807, 2.05) is 18.2 Å². The van der Waals surface area contributed by atoms with E-state index < -0.39 is 6.03 Å². The van der Waals surface area contributed by atoms with Crippen molar-refractivity contribution in [3.8, 4) is 0 Å². The Morgan fingerprint density at radius 3 is 2.94 bits per heavy atom. The molecular weight excluding hydrogens is 228 g/mol. The standard InChI is InChI=1S/C13H20N4O/c1-17-8-9(7-14)5-12(17)10-3-2-4-11(6-10)16-13(15)18/h2-4,6,9,12H,5,7-8,14H2,1H3,(H3,15,16,18). The van der Waals surface area contributed by atoms with Crippen molar-refractivity contribution in [3.63, 3.8) is 0 Å². The number of benzene rings is 1. The molecule has 1 aromatic carbocycles. The Labute approximate surface area is 107 Å². The van der Waals surface area contributed by atoms with Crippen LogP contribution in [0.15, 0.2) is 24.3 Å². The second-order valence-electron chi connectivity index (χ2n) is 4.91. The third kappa shape index (κ3) is 2.80. The Morgan fingerprint density at radius 2 is 2.33 bits per heavy atom. The smallest absolute Gasteiger partial charge is 0.316 e. The van der Waals surface area contributed by atoms with Gasteiger partial charge in [-0.2, -0.15) is 0 Å². The van der Waals surface area contributed by atoms with Crippen LogP contribution in [-0.4, -0.2) is 31.1 Å². The van der Waals surface area contributed by atoms with Crippen molar-refractivity contribution in [2.24, 2.45) is 17.4 Å². The number of primary amides is 1. The monoisotopic (exact) mass is 248 g/mol. The number of urea groups is 1. The highest BCUT2D eigenvalue weighted by Crippen LogP contribution is 2.34. The normalized spacial score (nSPS) is 24.1. The minimum Gasteiger partial charge on any atom is -0.351 e. The molecule has 0 radical (unpaired) electrons. The van der Waals surface area contributed by atoms with Crippen molar-refractivity contribution in [3.05, 3.63) is 29.8 Å². The molecule has 2 amide bonds. The number of hydrogen-bond acceptors (Lipinski definition) is 3. The summed E-state index contributed by atoms with van der Waals surface area (Å²) in [5, 5.41) is 2.60. The molecule has 2 unspecified atom stereocenters. The fourth-order valence-electron chi connectivity index (χ4n) is 2.63. The van der Waals surface area contributed by atoms with Crippen LogP contribution in [0.25, 0.3) is 0 Å². The lowest BCUT2D eigenvalue weighted by atomic mass is 9.99. The van der Waals surface area contributed by atoms with Crippen LogP contribution < -0.4 is 16.8 Å². The van der Waals surface area contributed by atoms with Gasteiger partial charge in [0.2, 0.25) is 0 Å². The number of likely N-dealkylation sites (tertiary alicyclic amines) is 1. The molecule has 98 valence electrons. The molecule has 1 aromatic rings. The maximum Gasteiger partial charge on any atom is 0.316 e. The summed E-state index contributed by atoms with van der Waals surface area (Å²) < 4.78 is 0. The highest BCUT2D eigenvalue weighted by molar-refractivity contribution is 5.87. The van der Waals surface area contributed by atoms with E-state index >= 15 is 0 Å². The number of amides is 2. The minimum atomic E-state index is -0.535. The highest BCUT2D eigenvalue weighted by atomic mass is 16.2. The van der Waals surface area contributed by atoms with Gasteiger partial charge in [-0.3, -0.25) is 4.90 Å². The fourth-order valence-corrected chi connectivity index (χ4v) is 2.63. The van der Waals surface area contributed by atoms with Gasteiger partial charge in [-0.1, -0.05) is 12.1 Å². The zero-order valence-electron chi connectivity index (χ0n) is 10.6. The lowest BCUT2D eigenvalue weighted by molar-refractivity contribution is 0.259. The Hall–Kier alpha value is -1.59. The molecule has 0 aliphatic carbocycles. The third-order valence-corrected chi connectivity index (χ3v) is 3.51. The van der Waals surface area contributed by atoms with Gasteiger partial charge in [-0.05, 0) is 43.6 Å². The van der Waals surface area contributed by atoms with Crippen molar-refractivity contribution in [2.45, 2.75) is 12.5 Å². The van der Waals surface area contributed by atoms with Crippen LogP contribution in [0.2, 0.25) is 0 Å². The zero-order valence-corrected chi connectivity index (χ0v) is 10.6. The van der Waals surface area contributed by atoms with Gasteiger partial charge >= 0.3 is 6.03 Å². The molecule has 1 aliphatic heterocycles. The molecule has 1 aliphatic rings. The number of hydrogen-bond donors (Lipinski definition) is 3. The molecule has 18 heavy (non-hydrogen) atoms. The Bertz CT molecular complexity index is 435. The van der Waals surface area contributed by atoms with Gasteiger partial charge in [0.25, 0.3) is 0 Å². The highest BCUT2D eigenvalue weighted by Gasteiger charge is 2.29. The minimum absolute atomic E-state index is 0.369. The van der Waals surface area contributed by atoms with Gasteiger partial charge in [0, 0.05) is 18.3 Å². The molecule has 1 saturated heterocycles. The number of nitrogens with zero attached hydrogens (tertiary/aromatic N) is 1. The molecule has 0 aromatic heterocycles. The van der Waals surface area contributed by atoms with Crippen molar-refractivity contribution in [1.82, 2.24) is 4.90 Å². The lowest BCUT2D eigenvalue weighted by Gasteiger charge is -2.20. The first-order valence-corrected chi connectivity index (χ1v) is 6.17. The van der Waals surface area contributed by atoms with E-state index in [1.54, 1.807) is 0 Å². The molecule has 5 nitrogen and oxygen atoms in total. The van der Waals surface area contributed by atoms with Crippen LogP contribution in [0, 0.1) is 5.92 Å². The molecule has 2 rings (SSSR count). The lowest BCUT2D eigenvalue weighted by Crippen LogP contribution is -2.21. The van der Waals surface area contributed by atoms with E-state index in [2.05, 4.69) is 23.3 Å². The fraction of sp³-hybridized carbons (Fsp3) is 0.462. The Morgan fingerprint density at radius 1 is 1.56 bits per heavy atom. The summed E-state index contributed by atoms with van der Waals surface area (Å²) in [6.45, 7) is 1.74. The van der Waals surface area contributed by atoms with E-state index in [0.717, 1.165) is 25.2 Å². The van der Waals surface area contributed by atoms with Crippen LogP contribution in [0.3, 0.4) is 0 Å². The molecule has 0 saturated carbocycles. The maximum absolute atomic E-state index is 10.8. The second kappa shape index (κ2) is 5.37. The van der Waals surface area contributed by atoms with Crippen molar-refractivity contribution < 1.29 is 4.79 Å². The first-order chi connectivity index (χ1) is 8.60. The van der Waals surface area contributed by atoms with Crippen LogP contribution in [0.1, 0.15) is 18.0 Å². The summed E-state index contributed by atoms with van der Waals surface area (Å²) in [5.41, 5.74) is 12.8. The number of anilines is 1. The first kappa shape index (κ1) is 12.9. The number of nitrogens with one attached hydrogen (secondary N) is 1. The van der Waals surface area contributed by atoms with Gasteiger partial charge in [0.1, 0.15) is 0 Å². The predicted octanol–water partition coefficient (Wildman–Crippen LogP) is 1.13. The molecule has 1 fully saturated rings. The average Bonchev–Trinajstić information content (AvgIpc) is 2.70. The van der Waals surface area contributed by atoms with Gasteiger partial charge in [-0.15, -0.1) is 0 Å².